The van der Waals surface area contributed by atoms with Gasteiger partial charge in [-0.05, 0) is 31.6 Å². The maximum atomic E-state index is 11.3. The van der Waals surface area contributed by atoms with Crippen LogP contribution in [-0.2, 0) is 9.53 Å². The molecule has 0 aromatic rings. The van der Waals surface area contributed by atoms with Crippen molar-refractivity contribution in [3.63, 3.8) is 0 Å². The first-order chi connectivity index (χ1) is 7.20. The van der Waals surface area contributed by atoms with Gasteiger partial charge >= 0.3 is 5.97 Å². The van der Waals surface area contributed by atoms with E-state index in [2.05, 4.69) is 4.90 Å². The number of carbonyl (C=O) groups is 1. The van der Waals surface area contributed by atoms with Gasteiger partial charge in [0.25, 0.3) is 0 Å². The van der Waals surface area contributed by atoms with Crippen molar-refractivity contribution < 1.29 is 9.53 Å². The van der Waals surface area contributed by atoms with Crippen LogP contribution in [0.25, 0.3) is 0 Å². The summed E-state index contributed by atoms with van der Waals surface area (Å²) in [5.41, 5.74) is 6.03. The van der Waals surface area contributed by atoms with Crippen LogP contribution < -0.4 is 5.73 Å². The molecule has 4 nitrogen and oxygen atoms in total. The number of ether oxygens (including phenoxy) is 1. The van der Waals surface area contributed by atoms with Crippen molar-refractivity contribution in [3.05, 3.63) is 0 Å². The lowest BCUT2D eigenvalue weighted by Gasteiger charge is -2.16. The van der Waals surface area contributed by atoms with Crippen molar-refractivity contribution >= 4 is 18.4 Å². The van der Waals surface area contributed by atoms with Crippen molar-refractivity contribution in [1.82, 2.24) is 4.90 Å². The highest BCUT2D eigenvalue weighted by atomic mass is 35.5. The molecule has 3 atom stereocenters. The number of esters is 1. The van der Waals surface area contributed by atoms with Crippen LogP contribution in [0.4, 0.5) is 0 Å². The normalized spacial score (nSPS) is 33.2. The summed E-state index contributed by atoms with van der Waals surface area (Å²) in [7, 11) is 0. The van der Waals surface area contributed by atoms with Gasteiger partial charge in [0.2, 0.25) is 0 Å². The van der Waals surface area contributed by atoms with Crippen LogP contribution in [0.5, 0.6) is 0 Å². The van der Waals surface area contributed by atoms with Crippen molar-refractivity contribution in [2.45, 2.75) is 25.8 Å². The molecule has 1 saturated heterocycles. The minimum atomic E-state index is -0.106. The molecule has 1 aliphatic heterocycles. The highest BCUT2D eigenvalue weighted by Gasteiger charge is 2.41. The van der Waals surface area contributed by atoms with Crippen molar-refractivity contribution in [3.8, 4) is 0 Å². The van der Waals surface area contributed by atoms with E-state index >= 15 is 0 Å². The van der Waals surface area contributed by atoms with E-state index in [-0.39, 0.29) is 18.4 Å². The molecule has 0 spiro atoms. The lowest BCUT2D eigenvalue weighted by Crippen LogP contribution is -2.33. The van der Waals surface area contributed by atoms with Gasteiger partial charge < -0.3 is 10.5 Å². The second-order valence-electron chi connectivity index (χ2n) is 4.66. The van der Waals surface area contributed by atoms with Crippen LogP contribution in [0, 0.1) is 11.8 Å². The molecule has 1 saturated carbocycles. The Morgan fingerprint density at radius 1 is 1.44 bits per heavy atom. The molecule has 2 aliphatic rings. The van der Waals surface area contributed by atoms with Crippen LogP contribution >= 0.6 is 12.4 Å². The second-order valence-corrected chi connectivity index (χ2v) is 4.66. The largest absolute Gasteiger partial charge is 0.465 e. The Bertz CT molecular complexity index is 250. The third kappa shape index (κ3) is 2.87. The molecular weight excluding hydrogens is 228 g/mol. The predicted molar refractivity (Wildman–Crippen MR) is 64.5 cm³/mol. The van der Waals surface area contributed by atoms with Crippen molar-refractivity contribution in [2.75, 3.05) is 26.2 Å². The number of hydrogen-bond acceptors (Lipinski definition) is 4. The fraction of sp³-hybridized carbons (Fsp3) is 0.909. The molecule has 0 aromatic carbocycles. The molecule has 5 heteroatoms. The Hall–Kier alpha value is -0.320. The predicted octanol–water partition coefficient (Wildman–Crippen LogP) is 0.640. The Kier molecular flexibility index (Phi) is 5.02. The quantitative estimate of drug-likeness (QED) is 0.745. The van der Waals surface area contributed by atoms with E-state index in [1.165, 1.54) is 6.42 Å². The highest BCUT2D eigenvalue weighted by Crippen LogP contribution is 2.36. The van der Waals surface area contributed by atoms with Crippen LogP contribution in [-0.4, -0.2) is 43.2 Å². The zero-order valence-electron chi connectivity index (χ0n) is 9.72. The first-order valence-corrected chi connectivity index (χ1v) is 5.84. The molecule has 0 radical (unpaired) electrons. The Labute approximate surface area is 103 Å². The van der Waals surface area contributed by atoms with Crippen LogP contribution in [0.3, 0.4) is 0 Å². The first-order valence-electron chi connectivity index (χ1n) is 5.84. The number of rotatable bonds is 3. The zero-order valence-corrected chi connectivity index (χ0v) is 10.5. The SMILES string of the molecule is CCOC(=O)CN1CC2CCC(N)C2C1.Cl. The fourth-order valence-electron chi connectivity index (χ4n) is 2.92. The molecule has 2 N–H and O–H groups in total. The third-order valence-electron chi connectivity index (χ3n) is 3.65. The lowest BCUT2D eigenvalue weighted by atomic mass is 9.98. The maximum Gasteiger partial charge on any atom is 0.320 e. The van der Waals surface area contributed by atoms with E-state index in [0.29, 0.717) is 25.1 Å². The van der Waals surface area contributed by atoms with Gasteiger partial charge in [-0.2, -0.15) is 0 Å². The molecule has 2 rings (SSSR count). The molecular formula is C11H21ClN2O2. The number of halogens is 1. The number of carbonyl (C=O) groups excluding carboxylic acids is 1. The number of fused-ring (bicyclic) bond motifs is 1. The van der Waals surface area contributed by atoms with E-state index in [0.717, 1.165) is 25.4 Å². The van der Waals surface area contributed by atoms with Crippen LogP contribution in [0.1, 0.15) is 19.8 Å². The minimum Gasteiger partial charge on any atom is -0.465 e. The first kappa shape index (κ1) is 13.7. The number of likely N-dealkylation sites (tertiary alicyclic amines) is 1. The molecule has 3 unspecified atom stereocenters. The average molecular weight is 249 g/mol. The number of nitrogens with zero attached hydrogens (tertiary/aromatic N) is 1. The summed E-state index contributed by atoms with van der Waals surface area (Å²) >= 11 is 0. The van der Waals surface area contributed by atoms with E-state index in [1.54, 1.807) is 0 Å². The minimum absolute atomic E-state index is 0. The Morgan fingerprint density at radius 2 is 2.19 bits per heavy atom. The average Bonchev–Trinajstić information content (AvgIpc) is 2.69. The van der Waals surface area contributed by atoms with E-state index in [1.807, 2.05) is 6.92 Å². The molecule has 1 aliphatic carbocycles. The van der Waals surface area contributed by atoms with Crippen molar-refractivity contribution in [2.24, 2.45) is 17.6 Å². The van der Waals surface area contributed by atoms with Gasteiger partial charge in [0.1, 0.15) is 0 Å². The molecule has 16 heavy (non-hydrogen) atoms. The molecule has 1 heterocycles. The summed E-state index contributed by atoms with van der Waals surface area (Å²) in [5, 5.41) is 0. The molecule has 0 bridgehead atoms. The molecule has 94 valence electrons. The van der Waals surface area contributed by atoms with Gasteiger partial charge in [0.05, 0.1) is 13.2 Å². The smallest absolute Gasteiger partial charge is 0.320 e. The Balaban J connectivity index is 0.00000128. The summed E-state index contributed by atoms with van der Waals surface area (Å²) in [5.74, 6) is 1.22. The molecule has 2 fully saturated rings. The summed E-state index contributed by atoms with van der Waals surface area (Å²) < 4.78 is 4.94. The maximum absolute atomic E-state index is 11.3. The monoisotopic (exact) mass is 248 g/mol. The summed E-state index contributed by atoms with van der Waals surface area (Å²) in [6, 6.07) is 0.349. The molecule has 0 aromatic heterocycles. The second kappa shape index (κ2) is 5.84. The van der Waals surface area contributed by atoms with Crippen LogP contribution in [0.15, 0.2) is 0 Å². The van der Waals surface area contributed by atoms with Gasteiger partial charge in [0.15, 0.2) is 0 Å². The molecule has 0 amide bonds. The van der Waals surface area contributed by atoms with Gasteiger partial charge in [0, 0.05) is 19.1 Å². The zero-order chi connectivity index (χ0) is 10.8. The van der Waals surface area contributed by atoms with Crippen molar-refractivity contribution in [1.29, 1.82) is 0 Å². The number of nitrogens with two attached hydrogens (primary N) is 1. The standard InChI is InChI=1S/C11H20N2O2.ClH/c1-2-15-11(14)7-13-5-8-3-4-10(12)9(8)6-13;/h8-10H,2-7,12H2,1H3;1H. The van der Waals surface area contributed by atoms with E-state index in [4.69, 9.17) is 10.5 Å². The number of hydrogen-bond donors (Lipinski definition) is 1. The van der Waals surface area contributed by atoms with E-state index in [9.17, 15) is 4.79 Å². The van der Waals surface area contributed by atoms with Crippen LogP contribution in [0.2, 0.25) is 0 Å². The Morgan fingerprint density at radius 3 is 2.81 bits per heavy atom. The van der Waals surface area contributed by atoms with Gasteiger partial charge in [-0.25, -0.2) is 0 Å². The lowest BCUT2D eigenvalue weighted by molar-refractivity contribution is -0.144. The van der Waals surface area contributed by atoms with Gasteiger partial charge in [-0.1, -0.05) is 0 Å². The highest BCUT2D eigenvalue weighted by molar-refractivity contribution is 5.85. The summed E-state index contributed by atoms with van der Waals surface area (Å²) in [6.45, 7) is 4.75. The third-order valence-corrected chi connectivity index (χ3v) is 3.65. The van der Waals surface area contributed by atoms with E-state index < -0.39 is 0 Å². The topological polar surface area (TPSA) is 55.6 Å². The van der Waals surface area contributed by atoms with Gasteiger partial charge in [-0.15, -0.1) is 12.4 Å². The fourth-order valence-corrected chi connectivity index (χ4v) is 2.92. The van der Waals surface area contributed by atoms with Gasteiger partial charge in [-0.3, -0.25) is 9.69 Å². The summed E-state index contributed by atoms with van der Waals surface area (Å²) in [6.07, 6.45) is 2.38. The summed E-state index contributed by atoms with van der Waals surface area (Å²) in [4.78, 5) is 13.5.